The number of carbonyl (C=O) groups excluding carboxylic acids is 1. The van der Waals surface area contributed by atoms with Gasteiger partial charge in [0.2, 0.25) is 0 Å². The minimum Gasteiger partial charge on any atom is -0.496 e. The topological polar surface area (TPSA) is 55.6 Å². The lowest BCUT2D eigenvalue weighted by molar-refractivity contribution is 0.0980. The van der Waals surface area contributed by atoms with Crippen molar-refractivity contribution in [2.24, 2.45) is 0 Å². The molecular formula is C20H15FN2O3S. The van der Waals surface area contributed by atoms with Crippen LogP contribution in [-0.4, -0.2) is 18.0 Å². The maximum atomic E-state index is 14.1. The third-order valence-electron chi connectivity index (χ3n) is 4.07. The number of para-hydroxylation sites is 2. The number of carbonyl (C=O) groups is 1. The molecule has 4 rings (SSSR count). The van der Waals surface area contributed by atoms with Gasteiger partial charge in [0.15, 0.2) is 5.13 Å². The molecule has 0 unspecified atom stereocenters. The summed E-state index contributed by atoms with van der Waals surface area (Å²) in [4.78, 5) is 19.1. The number of halogens is 1. The van der Waals surface area contributed by atoms with Crippen LogP contribution < -0.4 is 9.64 Å². The average molecular weight is 382 g/mol. The highest BCUT2D eigenvalue weighted by Crippen LogP contribution is 2.33. The molecule has 5 nitrogen and oxygen atoms in total. The normalized spacial score (nSPS) is 10.9. The van der Waals surface area contributed by atoms with Crippen molar-refractivity contribution >= 4 is 32.6 Å². The van der Waals surface area contributed by atoms with Gasteiger partial charge in [-0.15, -0.1) is 0 Å². The van der Waals surface area contributed by atoms with Crippen LogP contribution in [0.4, 0.5) is 9.52 Å². The van der Waals surface area contributed by atoms with E-state index < -0.39 is 5.82 Å². The second-order valence-electron chi connectivity index (χ2n) is 5.75. The number of thiazole rings is 1. The van der Waals surface area contributed by atoms with Gasteiger partial charge in [-0.1, -0.05) is 29.5 Å². The molecule has 0 fully saturated rings. The zero-order valence-electron chi connectivity index (χ0n) is 14.4. The highest BCUT2D eigenvalue weighted by Gasteiger charge is 2.25. The van der Waals surface area contributed by atoms with E-state index in [0.29, 0.717) is 26.9 Å². The predicted octanol–water partition coefficient (Wildman–Crippen LogP) is 4.88. The largest absolute Gasteiger partial charge is 0.496 e. The lowest BCUT2D eigenvalue weighted by Gasteiger charge is -2.20. The fourth-order valence-electron chi connectivity index (χ4n) is 2.77. The van der Waals surface area contributed by atoms with E-state index in [4.69, 9.17) is 9.15 Å². The smallest absolute Gasteiger partial charge is 0.264 e. The van der Waals surface area contributed by atoms with E-state index in [9.17, 15) is 9.18 Å². The molecule has 1 amide bonds. The van der Waals surface area contributed by atoms with E-state index in [1.165, 1.54) is 29.4 Å². The summed E-state index contributed by atoms with van der Waals surface area (Å²) < 4.78 is 25.5. The monoisotopic (exact) mass is 382 g/mol. The minimum atomic E-state index is -0.419. The maximum absolute atomic E-state index is 14.1. The van der Waals surface area contributed by atoms with Crippen molar-refractivity contribution in [1.29, 1.82) is 0 Å². The first kappa shape index (κ1) is 17.2. The number of amides is 1. The number of benzene rings is 2. The van der Waals surface area contributed by atoms with Gasteiger partial charge in [-0.3, -0.25) is 9.69 Å². The van der Waals surface area contributed by atoms with Crippen molar-refractivity contribution in [2.75, 3.05) is 12.0 Å². The van der Waals surface area contributed by atoms with E-state index in [2.05, 4.69) is 4.98 Å². The number of hydrogen-bond donors (Lipinski definition) is 0. The van der Waals surface area contributed by atoms with Gasteiger partial charge in [0.05, 0.1) is 30.2 Å². The number of furan rings is 1. The van der Waals surface area contributed by atoms with Gasteiger partial charge in [-0.25, -0.2) is 9.37 Å². The number of methoxy groups -OCH3 is 1. The van der Waals surface area contributed by atoms with Crippen LogP contribution in [0.2, 0.25) is 0 Å². The SMILES string of the molecule is COc1ccccc1C(=O)N(Cc1ccco1)c1nc2c(F)cccc2s1. The van der Waals surface area contributed by atoms with Gasteiger partial charge in [-0.05, 0) is 36.4 Å². The number of anilines is 1. The van der Waals surface area contributed by atoms with Gasteiger partial charge in [-0.2, -0.15) is 0 Å². The van der Waals surface area contributed by atoms with Gasteiger partial charge in [0.25, 0.3) is 5.91 Å². The van der Waals surface area contributed by atoms with Crippen molar-refractivity contribution < 1.29 is 18.3 Å². The number of fused-ring (bicyclic) bond motifs is 1. The molecule has 2 heterocycles. The molecule has 27 heavy (non-hydrogen) atoms. The third-order valence-corrected chi connectivity index (χ3v) is 5.11. The molecule has 7 heteroatoms. The summed E-state index contributed by atoms with van der Waals surface area (Å²) in [5, 5.41) is 0.391. The Labute approximate surface area is 158 Å². The lowest BCUT2D eigenvalue weighted by atomic mass is 10.1. The molecule has 136 valence electrons. The second kappa shape index (κ2) is 7.20. The molecule has 0 N–H and O–H groups in total. The summed E-state index contributed by atoms with van der Waals surface area (Å²) in [6.45, 7) is 0.172. The fourth-order valence-corrected chi connectivity index (χ4v) is 3.75. The maximum Gasteiger partial charge on any atom is 0.264 e. The number of hydrogen-bond acceptors (Lipinski definition) is 5. The Morgan fingerprint density at radius 3 is 2.78 bits per heavy atom. The first-order valence-corrected chi connectivity index (χ1v) is 9.01. The van der Waals surface area contributed by atoms with E-state index in [-0.39, 0.29) is 18.0 Å². The van der Waals surface area contributed by atoms with Gasteiger partial charge >= 0.3 is 0 Å². The quantitative estimate of drug-likeness (QED) is 0.493. The summed E-state index contributed by atoms with van der Waals surface area (Å²) >= 11 is 1.25. The summed E-state index contributed by atoms with van der Waals surface area (Å²) in [5.74, 6) is 0.332. The Morgan fingerprint density at radius 1 is 1.19 bits per heavy atom. The molecule has 0 saturated heterocycles. The van der Waals surface area contributed by atoms with Crippen LogP contribution in [0.5, 0.6) is 5.75 Å². The minimum absolute atomic E-state index is 0.172. The molecule has 0 spiro atoms. The number of nitrogens with zero attached hydrogens (tertiary/aromatic N) is 2. The van der Waals surface area contributed by atoms with Crippen LogP contribution in [0.15, 0.2) is 65.3 Å². The van der Waals surface area contributed by atoms with Crippen LogP contribution in [0.3, 0.4) is 0 Å². The Balaban J connectivity index is 1.80. The highest BCUT2D eigenvalue weighted by molar-refractivity contribution is 7.22. The highest BCUT2D eigenvalue weighted by atomic mass is 32.1. The molecule has 4 aromatic rings. The number of aromatic nitrogens is 1. The molecule has 2 aromatic heterocycles. The van der Waals surface area contributed by atoms with Crippen LogP contribution in [0.1, 0.15) is 16.1 Å². The molecule has 0 aliphatic heterocycles. The molecule has 2 aromatic carbocycles. The Kier molecular flexibility index (Phi) is 4.60. The van der Waals surface area contributed by atoms with Crippen LogP contribution in [0.25, 0.3) is 10.2 Å². The zero-order chi connectivity index (χ0) is 18.8. The van der Waals surface area contributed by atoms with Crippen molar-refractivity contribution in [3.8, 4) is 5.75 Å². The van der Waals surface area contributed by atoms with Crippen LogP contribution >= 0.6 is 11.3 Å². The number of ether oxygens (including phenoxy) is 1. The molecule has 0 aliphatic rings. The van der Waals surface area contributed by atoms with Crippen LogP contribution in [0, 0.1) is 5.82 Å². The van der Waals surface area contributed by atoms with Gasteiger partial charge in [0.1, 0.15) is 22.8 Å². The third kappa shape index (κ3) is 3.29. The summed E-state index contributed by atoms with van der Waals surface area (Å²) in [7, 11) is 1.51. The lowest BCUT2D eigenvalue weighted by Crippen LogP contribution is -2.30. The average Bonchev–Trinajstić information content (AvgIpc) is 3.35. The van der Waals surface area contributed by atoms with E-state index in [1.54, 1.807) is 54.8 Å². The predicted molar refractivity (Wildman–Crippen MR) is 102 cm³/mol. The standard InChI is InChI=1S/C20H15FN2O3S/c1-25-16-9-3-2-7-14(16)19(24)23(12-13-6-5-11-26-13)20-22-18-15(21)8-4-10-17(18)27-20/h2-11H,12H2,1H3. The summed E-state index contributed by atoms with van der Waals surface area (Å²) in [5.41, 5.74) is 0.640. The first-order chi connectivity index (χ1) is 13.2. The molecule has 0 aliphatic carbocycles. The molecule has 0 bridgehead atoms. The molecule has 0 atom stereocenters. The van der Waals surface area contributed by atoms with Crippen molar-refractivity contribution in [3.05, 3.63) is 78.0 Å². The second-order valence-corrected chi connectivity index (χ2v) is 6.76. The summed E-state index contributed by atoms with van der Waals surface area (Å²) in [6.07, 6.45) is 1.54. The fraction of sp³-hybridized carbons (Fsp3) is 0.100. The van der Waals surface area contributed by atoms with E-state index in [0.717, 1.165) is 0 Å². The Morgan fingerprint density at radius 2 is 2.04 bits per heavy atom. The van der Waals surface area contributed by atoms with E-state index in [1.807, 2.05) is 0 Å². The van der Waals surface area contributed by atoms with Crippen LogP contribution in [-0.2, 0) is 6.54 Å². The van der Waals surface area contributed by atoms with Crippen molar-refractivity contribution in [1.82, 2.24) is 4.98 Å². The Bertz CT molecular complexity index is 1090. The summed E-state index contributed by atoms with van der Waals surface area (Å²) in [6, 6.07) is 15.2. The van der Waals surface area contributed by atoms with Crippen molar-refractivity contribution in [2.45, 2.75) is 6.54 Å². The van der Waals surface area contributed by atoms with Gasteiger partial charge in [0, 0.05) is 0 Å². The van der Waals surface area contributed by atoms with E-state index >= 15 is 0 Å². The van der Waals surface area contributed by atoms with Gasteiger partial charge < -0.3 is 9.15 Å². The molecule has 0 radical (unpaired) electrons. The number of rotatable bonds is 5. The molecule has 0 saturated carbocycles. The molecular weight excluding hydrogens is 367 g/mol. The Hall–Kier alpha value is -3.19. The van der Waals surface area contributed by atoms with Crippen molar-refractivity contribution in [3.63, 3.8) is 0 Å². The first-order valence-electron chi connectivity index (χ1n) is 8.19. The zero-order valence-corrected chi connectivity index (χ0v) is 15.2.